The largest absolute Gasteiger partial charge is 0.480 e. The second kappa shape index (κ2) is 23.0. The van der Waals surface area contributed by atoms with Gasteiger partial charge in [-0.15, -0.1) is 11.8 Å². The van der Waals surface area contributed by atoms with Gasteiger partial charge in [0.15, 0.2) is 0 Å². The van der Waals surface area contributed by atoms with Crippen LogP contribution in [0.1, 0.15) is 58.8 Å². The Morgan fingerprint density at radius 2 is 1.58 bits per heavy atom. The van der Waals surface area contributed by atoms with Gasteiger partial charge in [0.1, 0.15) is 35.8 Å². The molecule has 25 heteroatoms. The number of aliphatic hydroxyl groups is 2. The van der Waals surface area contributed by atoms with Gasteiger partial charge in [-0.3, -0.25) is 43.3 Å². The predicted octanol–water partition coefficient (Wildman–Crippen LogP) is -5.38. The molecule has 0 aliphatic carbocycles. The zero-order valence-electron chi connectivity index (χ0n) is 32.8. The van der Waals surface area contributed by atoms with Crippen LogP contribution in [0.2, 0.25) is 0 Å². The lowest BCUT2D eigenvalue weighted by Gasteiger charge is -2.55. The van der Waals surface area contributed by atoms with E-state index in [0.717, 1.165) is 23.8 Å². The molecule has 59 heavy (non-hydrogen) atoms. The average molecular weight is 862 g/mol. The number of thioether (sulfide) groups is 1. The molecule has 2 rings (SSSR count). The normalized spacial score (nSPS) is 20.5. The van der Waals surface area contributed by atoms with Crippen molar-refractivity contribution >= 4 is 65.1 Å². The maximum Gasteiger partial charge on any atom is 0.352 e. The lowest BCUT2D eigenvalue weighted by Crippen LogP contribution is -2.80. The van der Waals surface area contributed by atoms with Crippen LogP contribution in [0, 0.1) is 5.92 Å². The number of amides is 6. The minimum Gasteiger partial charge on any atom is -0.480 e. The van der Waals surface area contributed by atoms with Gasteiger partial charge in [0.25, 0.3) is 11.6 Å². The SMILES string of the molecule is CO[C@@]1(NC(=O)CCC[C@@H](N)C(=O)O)C(=O)N2C(C(=O)O)=C(COC(=O)CC(O)C(CC(N)=O)NC(=O)C(NC(=O)C(N)CCCNC(=O)C(N)CO)C(C)C)CSC21. The van der Waals surface area contributed by atoms with Crippen molar-refractivity contribution in [2.45, 2.75) is 106 Å². The molecule has 0 radical (unpaired) electrons. The van der Waals surface area contributed by atoms with Gasteiger partial charge in [0.05, 0.1) is 31.2 Å². The summed E-state index contributed by atoms with van der Waals surface area (Å²) in [6, 6.07) is -6.06. The number of nitrogens with one attached hydrogen (secondary N) is 4. The highest BCUT2D eigenvalue weighted by Crippen LogP contribution is 2.46. The Morgan fingerprint density at radius 1 is 0.932 bits per heavy atom. The number of primary amides is 1. The Kier molecular flexibility index (Phi) is 19.6. The van der Waals surface area contributed by atoms with Crippen molar-refractivity contribution in [1.82, 2.24) is 26.2 Å². The fourth-order valence-electron chi connectivity index (χ4n) is 5.92. The molecule has 0 saturated carbocycles. The van der Waals surface area contributed by atoms with E-state index in [2.05, 4.69) is 21.3 Å². The molecule has 2 heterocycles. The van der Waals surface area contributed by atoms with E-state index < -0.39 is 138 Å². The third kappa shape index (κ3) is 13.8. The van der Waals surface area contributed by atoms with Crippen LogP contribution in [0.15, 0.2) is 11.3 Å². The molecule has 1 saturated heterocycles. The van der Waals surface area contributed by atoms with Gasteiger partial charge in [-0.05, 0) is 31.6 Å². The molecular weight excluding hydrogens is 806 g/mol. The summed E-state index contributed by atoms with van der Waals surface area (Å²) in [5, 5.41) is 47.6. The number of ether oxygens (including phenoxy) is 2. The van der Waals surface area contributed by atoms with Crippen molar-refractivity contribution in [3.63, 3.8) is 0 Å². The number of carbonyl (C=O) groups excluding carboxylic acids is 7. The second-order valence-corrected chi connectivity index (χ2v) is 15.3. The van der Waals surface area contributed by atoms with Gasteiger partial charge < -0.3 is 74.1 Å². The van der Waals surface area contributed by atoms with Gasteiger partial charge in [-0.1, -0.05) is 13.8 Å². The van der Waals surface area contributed by atoms with Crippen LogP contribution < -0.4 is 44.2 Å². The summed E-state index contributed by atoms with van der Waals surface area (Å²) >= 11 is 0.997. The summed E-state index contributed by atoms with van der Waals surface area (Å²) in [4.78, 5) is 113. The second-order valence-electron chi connectivity index (χ2n) is 14.2. The van der Waals surface area contributed by atoms with Crippen molar-refractivity contribution in [3.8, 4) is 0 Å². The Hall–Kier alpha value is -4.92. The first-order valence-electron chi connectivity index (χ1n) is 18.5. The first kappa shape index (κ1) is 50.2. The molecule has 0 aromatic rings. The van der Waals surface area contributed by atoms with E-state index in [-0.39, 0.29) is 50.0 Å². The van der Waals surface area contributed by atoms with Crippen molar-refractivity contribution in [2.24, 2.45) is 28.9 Å². The van der Waals surface area contributed by atoms with Crippen molar-refractivity contribution < 1.29 is 73.1 Å². The number of aliphatic hydroxyl groups excluding tert-OH is 2. The number of hydrogen-bond donors (Lipinski definition) is 12. The highest BCUT2D eigenvalue weighted by molar-refractivity contribution is 8.00. The number of esters is 1. The molecule has 0 aromatic heterocycles. The van der Waals surface area contributed by atoms with Crippen molar-refractivity contribution in [3.05, 3.63) is 11.3 Å². The van der Waals surface area contributed by atoms with Crippen LogP contribution in [0.4, 0.5) is 0 Å². The minimum absolute atomic E-state index is 0.0139. The molecule has 6 unspecified atom stereocenters. The number of nitrogens with two attached hydrogens (primary N) is 4. The van der Waals surface area contributed by atoms with Crippen LogP contribution >= 0.6 is 11.8 Å². The summed E-state index contributed by atoms with van der Waals surface area (Å²) < 4.78 is 10.6. The molecule has 1 fully saturated rings. The topological polar surface area (TPSA) is 408 Å². The Morgan fingerprint density at radius 3 is 2.14 bits per heavy atom. The van der Waals surface area contributed by atoms with E-state index >= 15 is 0 Å². The van der Waals surface area contributed by atoms with E-state index in [4.69, 9.17) is 42.6 Å². The first-order chi connectivity index (χ1) is 27.6. The molecule has 8 atom stereocenters. The van der Waals surface area contributed by atoms with Crippen molar-refractivity contribution in [2.75, 3.05) is 32.6 Å². The predicted molar refractivity (Wildman–Crippen MR) is 204 cm³/mol. The molecule has 0 spiro atoms. The van der Waals surface area contributed by atoms with Gasteiger partial charge in [0.2, 0.25) is 29.5 Å². The highest BCUT2D eigenvalue weighted by atomic mass is 32.2. The van der Waals surface area contributed by atoms with Gasteiger partial charge in [-0.25, -0.2) is 4.79 Å². The molecule has 0 bridgehead atoms. The molecule has 332 valence electrons. The van der Waals surface area contributed by atoms with E-state index in [1.54, 1.807) is 13.8 Å². The third-order valence-corrected chi connectivity index (χ3v) is 10.7. The standard InChI is InChI=1S/C34H55N9O15S/c1-15(2)25(41-28(50)17(35)7-5-9-39-27(49)19(37)12-44)29(51)40-20(10-22(38)46)21(45)11-24(48)58-13-16-14-59-33-34(57-3,32(56)43(33)26(16)31(54)55)42-23(47)8-4-6-18(36)30(52)53/h15,17-21,25,33,44-45H,4-14,35-37H2,1-3H3,(H2,38,46)(H,39,49)(H,40,51)(H,41,50)(H,42,47)(H,52,53)(H,54,55)/t17?,18-,19?,20?,21?,25?,33?,34+/m1/s1. The van der Waals surface area contributed by atoms with Crippen molar-refractivity contribution in [1.29, 1.82) is 0 Å². The Labute approximate surface area is 342 Å². The quantitative estimate of drug-likeness (QED) is 0.0167. The fraction of sp³-hybridized carbons (Fsp3) is 0.676. The summed E-state index contributed by atoms with van der Waals surface area (Å²) in [7, 11) is 1.14. The molecule has 6 amide bonds. The maximum atomic E-state index is 13.3. The van der Waals surface area contributed by atoms with E-state index in [0.29, 0.717) is 0 Å². The van der Waals surface area contributed by atoms with Gasteiger partial charge >= 0.3 is 17.9 Å². The summed E-state index contributed by atoms with van der Waals surface area (Å²) in [5.74, 6) is -9.25. The molecule has 2 aliphatic rings. The number of carboxylic acids is 2. The van der Waals surface area contributed by atoms with Crippen LogP contribution in [0.5, 0.6) is 0 Å². The lowest BCUT2D eigenvalue weighted by atomic mass is 9.97. The Balaban J connectivity index is 2.05. The molecular formula is C34H55N9O15S. The highest BCUT2D eigenvalue weighted by Gasteiger charge is 2.66. The van der Waals surface area contributed by atoms with Crippen LogP contribution in [-0.2, 0) is 52.6 Å². The van der Waals surface area contributed by atoms with Gasteiger partial charge in [-0.2, -0.15) is 0 Å². The summed E-state index contributed by atoms with van der Waals surface area (Å²) in [6.07, 6.45) is -3.00. The molecule has 24 nitrogen and oxygen atoms in total. The number of rotatable bonds is 26. The number of nitrogens with zero attached hydrogens (tertiary/aromatic N) is 1. The minimum atomic E-state index is -1.94. The number of aliphatic carboxylic acids is 2. The van der Waals surface area contributed by atoms with E-state index in [9.17, 15) is 53.4 Å². The third-order valence-electron chi connectivity index (χ3n) is 9.30. The van der Waals surface area contributed by atoms with Crippen LogP contribution in [0.3, 0.4) is 0 Å². The number of β-lactam (4-membered cyclic amide) rings is 1. The molecule has 2 aliphatic heterocycles. The average Bonchev–Trinajstić information content (AvgIpc) is 3.17. The first-order valence-corrected chi connectivity index (χ1v) is 19.5. The van der Waals surface area contributed by atoms with E-state index in [1.807, 2.05) is 0 Å². The number of carbonyl (C=O) groups is 9. The van der Waals surface area contributed by atoms with Crippen LogP contribution in [-0.4, -0.2) is 159 Å². The smallest absolute Gasteiger partial charge is 0.352 e. The maximum absolute atomic E-state index is 13.3. The molecule has 0 aromatic carbocycles. The Bertz CT molecular complexity index is 1630. The number of hydrogen-bond acceptors (Lipinski definition) is 17. The molecule has 16 N–H and O–H groups in total. The summed E-state index contributed by atoms with van der Waals surface area (Å²) in [5.41, 5.74) is 19.7. The number of carboxylic acid groups (broad SMARTS) is 2. The number of methoxy groups -OCH3 is 1. The van der Waals surface area contributed by atoms with Crippen LogP contribution in [0.25, 0.3) is 0 Å². The van der Waals surface area contributed by atoms with E-state index in [1.165, 1.54) is 0 Å². The summed E-state index contributed by atoms with van der Waals surface area (Å²) in [6.45, 7) is 2.11. The van der Waals surface area contributed by atoms with Gasteiger partial charge in [0, 0.05) is 37.8 Å². The lowest BCUT2D eigenvalue weighted by molar-refractivity contribution is -0.192. The zero-order valence-corrected chi connectivity index (χ0v) is 33.7. The number of fused-ring (bicyclic) bond motifs is 1. The monoisotopic (exact) mass is 861 g/mol. The fourth-order valence-corrected chi connectivity index (χ4v) is 7.34. The zero-order chi connectivity index (χ0) is 44.8.